The molecule has 0 aliphatic rings. The lowest BCUT2D eigenvalue weighted by atomic mass is 10.0. The largest absolute Gasteiger partial charge is 0.496 e. The van der Waals surface area contributed by atoms with Gasteiger partial charge in [0.2, 0.25) is 0 Å². The highest BCUT2D eigenvalue weighted by Crippen LogP contribution is 2.26. The van der Waals surface area contributed by atoms with Gasteiger partial charge in [0, 0.05) is 17.6 Å². The van der Waals surface area contributed by atoms with Gasteiger partial charge in [-0.3, -0.25) is 0 Å². The van der Waals surface area contributed by atoms with Crippen LogP contribution in [-0.4, -0.2) is 13.2 Å². The summed E-state index contributed by atoms with van der Waals surface area (Å²) in [5.74, 6) is 0.968. The number of aryl methyl sites for hydroxylation is 1. The van der Waals surface area contributed by atoms with Gasteiger partial charge in [0.25, 0.3) is 0 Å². The second-order valence-corrected chi connectivity index (χ2v) is 4.29. The molecule has 1 aromatic rings. The van der Waals surface area contributed by atoms with Crippen molar-refractivity contribution >= 4 is 0 Å². The summed E-state index contributed by atoms with van der Waals surface area (Å²) in [7, 11) is 1.72. The van der Waals surface area contributed by atoms with Crippen LogP contribution in [0.15, 0.2) is 18.2 Å². The van der Waals surface area contributed by atoms with Crippen molar-refractivity contribution in [1.82, 2.24) is 5.32 Å². The van der Waals surface area contributed by atoms with E-state index in [-0.39, 0.29) is 0 Å². The molecule has 0 fully saturated rings. The van der Waals surface area contributed by atoms with Gasteiger partial charge in [0.15, 0.2) is 0 Å². The molecule has 1 aromatic carbocycles. The fraction of sp³-hybridized carbons (Fsp3) is 0.538. The Morgan fingerprint density at radius 1 is 1.20 bits per heavy atom. The van der Waals surface area contributed by atoms with E-state index >= 15 is 0 Å². The smallest absolute Gasteiger partial charge is 0.123 e. The Morgan fingerprint density at radius 3 is 2.40 bits per heavy atom. The second kappa shape index (κ2) is 5.17. The molecule has 2 heteroatoms. The van der Waals surface area contributed by atoms with E-state index in [1.807, 2.05) is 0 Å². The molecule has 0 aromatic heterocycles. The Morgan fingerprint density at radius 2 is 1.87 bits per heavy atom. The Hall–Kier alpha value is -1.02. The molecule has 1 N–H and O–H groups in total. The predicted molar refractivity (Wildman–Crippen MR) is 64.4 cm³/mol. The lowest BCUT2D eigenvalue weighted by molar-refractivity contribution is 0.397. The van der Waals surface area contributed by atoms with Crippen LogP contribution in [0.3, 0.4) is 0 Å². The first-order chi connectivity index (χ1) is 7.04. The van der Waals surface area contributed by atoms with Gasteiger partial charge in [-0.15, -0.1) is 0 Å². The fourth-order valence-corrected chi connectivity index (χ4v) is 1.77. The molecule has 0 heterocycles. The Labute approximate surface area is 92.6 Å². The molecule has 0 amide bonds. The highest BCUT2D eigenvalue weighted by Gasteiger charge is 2.11. The lowest BCUT2D eigenvalue weighted by Crippen LogP contribution is -2.26. The zero-order valence-corrected chi connectivity index (χ0v) is 10.3. The fourth-order valence-electron chi connectivity index (χ4n) is 1.77. The van der Waals surface area contributed by atoms with Crippen LogP contribution >= 0.6 is 0 Å². The summed E-state index contributed by atoms with van der Waals surface area (Å²) < 4.78 is 5.39. The summed E-state index contributed by atoms with van der Waals surface area (Å²) in [6.45, 7) is 8.54. The number of rotatable bonds is 4. The molecule has 0 radical (unpaired) electrons. The molecule has 15 heavy (non-hydrogen) atoms. The Balaban J connectivity index is 2.92. The van der Waals surface area contributed by atoms with E-state index in [0.717, 1.165) is 5.75 Å². The van der Waals surface area contributed by atoms with Crippen molar-refractivity contribution in [2.75, 3.05) is 7.11 Å². The predicted octanol–water partition coefficient (Wildman–Crippen LogP) is 3.06. The molecule has 0 spiro atoms. The molecule has 84 valence electrons. The molecule has 1 rings (SSSR count). The Bertz CT molecular complexity index is 320. The third-order valence-electron chi connectivity index (χ3n) is 2.44. The van der Waals surface area contributed by atoms with Gasteiger partial charge in [-0.25, -0.2) is 0 Å². The van der Waals surface area contributed by atoms with Crippen molar-refractivity contribution in [3.63, 3.8) is 0 Å². The van der Waals surface area contributed by atoms with Crippen LogP contribution in [-0.2, 0) is 0 Å². The average Bonchev–Trinajstić information content (AvgIpc) is 2.16. The van der Waals surface area contributed by atoms with Crippen molar-refractivity contribution in [2.45, 2.75) is 39.8 Å². The molecule has 2 nitrogen and oxygen atoms in total. The van der Waals surface area contributed by atoms with E-state index < -0.39 is 0 Å². The zero-order valence-electron chi connectivity index (χ0n) is 10.3. The van der Waals surface area contributed by atoms with E-state index in [9.17, 15) is 0 Å². The highest BCUT2D eigenvalue weighted by atomic mass is 16.5. The third-order valence-corrected chi connectivity index (χ3v) is 2.44. The van der Waals surface area contributed by atoms with E-state index in [1.165, 1.54) is 11.1 Å². The normalized spacial score (nSPS) is 12.9. The van der Waals surface area contributed by atoms with Gasteiger partial charge < -0.3 is 10.1 Å². The first-order valence-electron chi connectivity index (χ1n) is 5.45. The lowest BCUT2D eigenvalue weighted by Gasteiger charge is -2.19. The molecule has 1 atom stereocenters. The van der Waals surface area contributed by atoms with Gasteiger partial charge in [-0.05, 0) is 25.5 Å². The summed E-state index contributed by atoms with van der Waals surface area (Å²) in [6, 6.07) is 7.13. The van der Waals surface area contributed by atoms with Crippen LogP contribution in [0.1, 0.15) is 37.9 Å². The van der Waals surface area contributed by atoms with Crippen LogP contribution in [0.4, 0.5) is 0 Å². The van der Waals surface area contributed by atoms with Crippen LogP contribution < -0.4 is 10.1 Å². The van der Waals surface area contributed by atoms with Gasteiger partial charge in [0.05, 0.1) is 7.11 Å². The maximum absolute atomic E-state index is 5.39. The summed E-state index contributed by atoms with van der Waals surface area (Å²) in [6.07, 6.45) is 0. The number of hydrogen-bond acceptors (Lipinski definition) is 2. The van der Waals surface area contributed by atoms with E-state index in [2.05, 4.69) is 51.2 Å². The number of methoxy groups -OCH3 is 1. The first kappa shape index (κ1) is 12.1. The Kier molecular flexibility index (Phi) is 4.15. The van der Waals surface area contributed by atoms with Crippen LogP contribution in [0.5, 0.6) is 5.75 Å². The zero-order chi connectivity index (χ0) is 11.4. The summed E-state index contributed by atoms with van der Waals surface area (Å²) in [4.78, 5) is 0. The van der Waals surface area contributed by atoms with Crippen LogP contribution in [0.2, 0.25) is 0 Å². The SMILES string of the molecule is COc1cc(C)ccc1C(C)NC(C)C. The first-order valence-corrected chi connectivity index (χ1v) is 5.45. The minimum atomic E-state index is 0.320. The highest BCUT2D eigenvalue weighted by molar-refractivity contribution is 5.39. The number of benzene rings is 1. The standard InChI is InChI=1S/C13H21NO/c1-9(2)14-11(4)12-7-6-10(3)8-13(12)15-5/h6-9,11,14H,1-5H3. The molecule has 0 bridgehead atoms. The van der Waals surface area contributed by atoms with Gasteiger partial charge in [-0.2, -0.15) is 0 Å². The van der Waals surface area contributed by atoms with Gasteiger partial charge >= 0.3 is 0 Å². The number of hydrogen-bond donors (Lipinski definition) is 1. The molecule has 0 saturated heterocycles. The summed E-state index contributed by atoms with van der Waals surface area (Å²) >= 11 is 0. The van der Waals surface area contributed by atoms with Crippen molar-refractivity contribution in [1.29, 1.82) is 0 Å². The monoisotopic (exact) mass is 207 g/mol. The minimum absolute atomic E-state index is 0.320. The topological polar surface area (TPSA) is 21.3 Å². The molecular formula is C13H21NO. The van der Waals surface area contributed by atoms with Crippen LogP contribution in [0.25, 0.3) is 0 Å². The van der Waals surface area contributed by atoms with E-state index in [4.69, 9.17) is 4.74 Å². The summed E-state index contributed by atoms with van der Waals surface area (Å²) in [5.41, 5.74) is 2.45. The maximum atomic E-state index is 5.39. The third kappa shape index (κ3) is 3.24. The van der Waals surface area contributed by atoms with E-state index in [0.29, 0.717) is 12.1 Å². The summed E-state index contributed by atoms with van der Waals surface area (Å²) in [5, 5.41) is 3.47. The molecule has 1 unspecified atom stereocenters. The van der Waals surface area contributed by atoms with Crippen molar-refractivity contribution < 1.29 is 4.74 Å². The van der Waals surface area contributed by atoms with E-state index in [1.54, 1.807) is 7.11 Å². The van der Waals surface area contributed by atoms with Crippen molar-refractivity contribution in [2.24, 2.45) is 0 Å². The minimum Gasteiger partial charge on any atom is -0.496 e. The van der Waals surface area contributed by atoms with Crippen molar-refractivity contribution in [3.8, 4) is 5.75 Å². The van der Waals surface area contributed by atoms with Crippen molar-refractivity contribution in [3.05, 3.63) is 29.3 Å². The quantitative estimate of drug-likeness (QED) is 0.819. The number of ether oxygens (including phenoxy) is 1. The molecule has 0 saturated carbocycles. The molecule has 0 aliphatic heterocycles. The number of nitrogens with one attached hydrogen (secondary N) is 1. The van der Waals surface area contributed by atoms with Gasteiger partial charge in [-0.1, -0.05) is 26.0 Å². The van der Waals surface area contributed by atoms with Crippen LogP contribution in [0, 0.1) is 6.92 Å². The maximum Gasteiger partial charge on any atom is 0.123 e. The second-order valence-electron chi connectivity index (χ2n) is 4.29. The molecule has 0 aliphatic carbocycles. The van der Waals surface area contributed by atoms with Gasteiger partial charge in [0.1, 0.15) is 5.75 Å². The molecular weight excluding hydrogens is 186 g/mol. The average molecular weight is 207 g/mol.